The third kappa shape index (κ3) is 4.23. The maximum absolute atomic E-state index is 13.6. The third-order valence-corrected chi connectivity index (χ3v) is 9.48. The zero-order valence-corrected chi connectivity index (χ0v) is 25.2. The predicted molar refractivity (Wildman–Crippen MR) is 166 cm³/mol. The molecule has 1 aromatic carbocycles. The number of methoxy groups -OCH3 is 1. The number of hydrogen-bond acceptors (Lipinski definition) is 16. The van der Waals surface area contributed by atoms with Crippen molar-refractivity contribution >= 4 is 28.5 Å². The molecule has 4 aliphatic carbocycles. The lowest BCUT2D eigenvalue weighted by molar-refractivity contribution is -0.301. The molecule has 0 unspecified atom stereocenters. The van der Waals surface area contributed by atoms with E-state index in [2.05, 4.69) is 10.1 Å². The van der Waals surface area contributed by atoms with Crippen molar-refractivity contribution in [1.82, 2.24) is 4.98 Å². The summed E-state index contributed by atoms with van der Waals surface area (Å²) in [6.07, 6.45) is -6.99. The van der Waals surface area contributed by atoms with Gasteiger partial charge in [-0.3, -0.25) is 24.0 Å². The van der Waals surface area contributed by atoms with E-state index in [-0.39, 0.29) is 34.9 Å². The van der Waals surface area contributed by atoms with Crippen molar-refractivity contribution in [1.29, 1.82) is 0 Å². The monoisotopic (exact) mass is 678 g/mol. The van der Waals surface area contributed by atoms with Crippen molar-refractivity contribution in [3.8, 4) is 11.5 Å². The van der Waals surface area contributed by atoms with E-state index < -0.39 is 114 Å². The van der Waals surface area contributed by atoms with E-state index in [4.69, 9.17) is 14.3 Å². The number of aromatic amines is 1. The summed E-state index contributed by atoms with van der Waals surface area (Å²) >= 11 is 0. The van der Waals surface area contributed by atoms with Crippen LogP contribution in [0.5, 0.6) is 11.5 Å². The van der Waals surface area contributed by atoms with Crippen molar-refractivity contribution in [2.24, 2.45) is 5.16 Å². The maximum atomic E-state index is 13.6. The Labute approximate surface area is 270 Å². The van der Waals surface area contributed by atoms with Crippen LogP contribution < -0.4 is 42.4 Å². The number of phenols is 1. The van der Waals surface area contributed by atoms with Crippen LogP contribution in [0, 0.1) is 10.4 Å². The van der Waals surface area contributed by atoms with E-state index in [1.165, 1.54) is 12.1 Å². The first-order valence-corrected chi connectivity index (χ1v) is 14.8. The van der Waals surface area contributed by atoms with Gasteiger partial charge in [-0.05, 0) is 29.9 Å². The molecule has 0 amide bonds. The summed E-state index contributed by atoms with van der Waals surface area (Å²) in [5.41, 5.74) is -7.16. The molecule has 1 aromatic heterocycles. The van der Waals surface area contributed by atoms with Crippen LogP contribution in [0.1, 0.15) is 23.2 Å². The molecule has 2 aromatic rings. The van der Waals surface area contributed by atoms with Gasteiger partial charge in [-0.2, -0.15) is 0 Å². The van der Waals surface area contributed by atoms with Gasteiger partial charge in [0.2, 0.25) is 16.3 Å². The van der Waals surface area contributed by atoms with Crippen LogP contribution in [0.15, 0.2) is 47.3 Å². The Hall–Kier alpha value is -5.46. The quantitative estimate of drug-likeness (QED) is 0.0732. The number of ether oxygens (including phenoxy) is 2. The maximum Gasteiger partial charge on any atom is 0.260 e. The highest BCUT2D eigenvalue weighted by Gasteiger charge is 2.53. The Kier molecular flexibility index (Phi) is 7.23. The van der Waals surface area contributed by atoms with E-state index in [9.17, 15) is 59.7 Å². The normalized spacial score (nSPS) is 26.3. The number of H-pyrrole nitrogens is 1. The lowest BCUT2D eigenvalue weighted by Gasteiger charge is -2.38. The lowest BCUT2D eigenvalue weighted by atomic mass is 9.78. The molecule has 17 nitrogen and oxygen atoms in total. The fraction of sp³-hybridized carbons (Fsp3) is 0.312. The molecule has 17 heteroatoms. The topological polar surface area (TPSA) is 283 Å². The fourth-order valence-electron chi connectivity index (χ4n) is 7.14. The van der Waals surface area contributed by atoms with Gasteiger partial charge in [-0.25, -0.2) is 0 Å². The van der Waals surface area contributed by atoms with E-state index in [0.717, 1.165) is 19.4 Å². The number of aryl methyl sites for hydroxylation is 1. The molecule has 254 valence electrons. The summed E-state index contributed by atoms with van der Waals surface area (Å²) in [7, 11) is 1.09. The second-order valence-electron chi connectivity index (χ2n) is 12.0. The fourth-order valence-corrected chi connectivity index (χ4v) is 7.14. The summed E-state index contributed by atoms with van der Waals surface area (Å²) in [5.74, 6) is -2.84. The molecule has 0 radical (unpaired) electrons. The smallest absolute Gasteiger partial charge is 0.260 e. The summed E-state index contributed by atoms with van der Waals surface area (Å²) in [5, 5.41) is 74.5. The molecule has 0 saturated carbocycles. The third-order valence-electron chi connectivity index (χ3n) is 9.48. The molecule has 1 spiro atoms. The molecule has 1 aliphatic heterocycles. The molecule has 0 bridgehead atoms. The SMILES string of the molecule is COc1cc(=O)c2c(=O)c3c(c(=O)c=2c1=O)=C(O)[C@]1(CCc2cc4cc(/C=N/O[C@@H]5O[C@H](CO)[C@@H](O)[C@H](O)[C@H]5O)[nH]c(=O)c4c(O)c21)C=3O. The van der Waals surface area contributed by atoms with Gasteiger partial charge >= 0.3 is 0 Å². The second-order valence-corrected chi connectivity index (χ2v) is 12.0. The number of nitrogens with zero attached hydrogens (tertiary/aromatic N) is 1. The number of aliphatic hydroxyl groups is 6. The summed E-state index contributed by atoms with van der Waals surface area (Å²) in [6.45, 7) is -0.691. The Bertz CT molecular complexity index is 2610. The van der Waals surface area contributed by atoms with Crippen LogP contribution in [0.3, 0.4) is 0 Å². The minimum atomic E-state index is -2.06. The first kappa shape index (κ1) is 32.1. The molecule has 49 heavy (non-hydrogen) atoms. The van der Waals surface area contributed by atoms with Gasteiger partial charge in [0, 0.05) is 11.6 Å². The van der Waals surface area contributed by atoms with Crippen LogP contribution in [0.25, 0.3) is 22.3 Å². The second kappa shape index (κ2) is 11.0. The van der Waals surface area contributed by atoms with Gasteiger partial charge in [-0.1, -0.05) is 11.2 Å². The molecule has 5 aliphatic rings. The molecule has 1 saturated heterocycles. The van der Waals surface area contributed by atoms with Gasteiger partial charge in [0.05, 0.1) is 51.9 Å². The molecule has 8 N–H and O–H groups in total. The van der Waals surface area contributed by atoms with Crippen molar-refractivity contribution in [3.63, 3.8) is 0 Å². The Morgan fingerprint density at radius 1 is 0.918 bits per heavy atom. The number of aromatic hydroxyl groups is 1. The molecule has 7 rings (SSSR count). The van der Waals surface area contributed by atoms with E-state index in [0.29, 0.717) is 5.56 Å². The average Bonchev–Trinajstić information content (AvgIpc) is 3.56. The molecular weight excluding hydrogens is 652 g/mol. The summed E-state index contributed by atoms with van der Waals surface area (Å²) < 4.78 is 10.1. The predicted octanol–water partition coefficient (Wildman–Crippen LogP) is -4.34. The number of aliphatic hydroxyl groups excluding tert-OH is 6. The molecule has 6 atom stereocenters. The average molecular weight is 679 g/mol. The number of aromatic nitrogens is 1. The largest absolute Gasteiger partial charge is 0.510 e. The van der Waals surface area contributed by atoms with Crippen molar-refractivity contribution in [2.45, 2.75) is 49.0 Å². The molecular formula is C32H26N2O15. The number of fused-ring (bicyclic) bond motifs is 4. The summed E-state index contributed by atoms with van der Waals surface area (Å²) in [6, 6.07) is 3.62. The highest BCUT2D eigenvalue weighted by molar-refractivity contribution is 5.96. The van der Waals surface area contributed by atoms with Crippen LogP contribution >= 0.6 is 0 Å². The lowest BCUT2D eigenvalue weighted by Crippen LogP contribution is -2.58. The Morgan fingerprint density at radius 2 is 1.59 bits per heavy atom. The Morgan fingerprint density at radius 3 is 2.24 bits per heavy atom. The van der Waals surface area contributed by atoms with Gasteiger partial charge in [0.25, 0.3) is 11.8 Å². The summed E-state index contributed by atoms with van der Waals surface area (Å²) in [4.78, 5) is 73.8. The first-order valence-electron chi connectivity index (χ1n) is 14.8. The van der Waals surface area contributed by atoms with Crippen molar-refractivity contribution in [3.05, 3.63) is 107 Å². The van der Waals surface area contributed by atoms with Crippen molar-refractivity contribution in [2.75, 3.05) is 13.7 Å². The van der Waals surface area contributed by atoms with E-state index in [1.54, 1.807) is 0 Å². The number of oxime groups is 1. The number of rotatable bonds is 5. The van der Waals surface area contributed by atoms with Crippen LogP contribution in [-0.2, 0) is 21.4 Å². The van der Waals surface area contributed by atoms with Crippen LogP contribution in [-0.4, -0.2) is 91.4 Å². The van der Waals surface area contributed by atoms with Gasteiger partial charge < -0.3 is 55.0 Å². The van der Waals surface area contributed by atoms with E-state index >= 15 is 0 Å². The zero-order valence-electron chi connectivity index (χ0n) is 25.2. The standard InChI is InChI=1S/C32H26N2O15/c1-47-13-6-12(36)16-17(21(13)37)24(40)19-18(23(16)39)28(44)32(29(19)45)3-2-9-4-10-5-11(34-30(46)15(10)25(41)20(9)32)7-33-49-31-27(43)26(42)22(38)14(8-35)48-31/h4-7,14,22,26-27,31,35,38,41-45H,2-3,8H2,1H3,(H,34,46)/b33-7+/t14-,22-,26+,27-,31+,32+/m1/s1. The number of phenolic OH excluding ortho intramolecular Hbond substituents is 1. The van der Waals surface area contributed by atoms with Gasteiger partial charge in [-0.15, -0.1) is 0 Å². The van der Waals surface area contributed by atoms with Crippen LogP contribution in [0.4, 0.5) is 0 Å². The first-order chi connectivity index (χ1) is 23.3. The minimum Gasteiger partial charge on any atom is -0.510 e. The van der Waals surface area contributed by atoms with Crippen molar-refractivity contribution < 1.29 is 50.1 Å². The highest BCUT2D eigenvalue weighted by atomic mass is 16.8. The number of benzene rings is 1. The zero-order chi connectivity index (χ0) is 35.3. The van der Waals surface area contributed by atoms with Gasteiger partial charge in [0.1, 0.15) is 47.1 Å². The molecule has 2 heterocycles. The van der Waals surface area contributed by atoms with E-state index in [1.807, 2.05) is 0 Å². The number of hydrogen-bond donors (Lipinski definition) is 8. The number of pyridine rings is 1. The van der Waals surface area contributed by atoms with Crippen LogP contribution in [0.2, 0.25) is 0 Å². The molecule has 1 fully saturated rings. The minimum absolute atomic E-state index is 0.0298. The van der Waals surface area contributed by atoms with Gasteiger partial charge in [0.15, 0.2) is 11.2 Å². The Balaban J connectivity index is 1.35. The highest BCUT2D eigenvalue weighted by Crippen LogP contribution is 2.54. The number of nitrogens with one attached hydrogen (secondary N) is 1.